The fourth-order valence-corrected chi connectivity index (χ4v) is 9.23. The summed E-state index contributed by atoms with van der Waals surface area (Å²) in [4.78, 5) is 27.5. The van der Waals surface area contributed by atoms with Crippen LogP contribution in [0.25, 0.3) is 0 Å². The van der Waals surface area contributed by atoms with Gasteiger partial charge in [-0.3, -0.25) is 4.99 Å². The van der Waals surface area contributed by atoms with Gasteiger partial charge in [0.15, 0.2) is 0 Å². The Morgan fingerprint density at radius 1 is 0.780 bits per heavy atom. The molecule has 0 radical (unpaired) electrons. The Morgan fingerprint density at radius 3 is 2.10 bits per heavy atom. The monoisotopic (exact) mass is 966 g/mol. The number of benzene rings is 4. The number of anilines is 3. The van der Waals surface area contributed by atoms with Gasteiger partial charge in [-0.2, -0.15) is 0 Å². The van der Waals surface area contributed by atoms with Crippen LogP contribution in [0.3, 0.4) is 0 Å². The van der Waals surface area contributed by atoms with E-state index in [0.29, 0.717) is 28.2 Å². The van der Waals surface area contributed by atoms with Gasteiger partial charge in [-0.25, -0.2) is 4.98 Å². The first kappa shape index (κ1) is 40.1. The Kier molecular flexibility index (Phi) is 9.41. The molecule has 3 aliphatic rings. The van der Waals surface area contributed by atoms with Crippen molar-refractivity contribution in [2.45, 2.75) is 138 Å². The molecule has 4 aromatic carbocycles. The van der Waals surface area contributed by atoms with Gasteiger partial charge in [0.1, 0.15) is 22.9 Å². The van der Waals surface area contributed by atoms with Crippen molar-refractivity contribution in [1.82, 2.24) is 4.98 Å². The number of fused-ring (bicyclic) bond motifs is 5. The number of carbonyl (C=O) groups excluding carboxylic acids is 1. The van der Waals surface area contributed by atoms with E-state index in [0.717, 1.165) is 50.6 Å². The molecular formula is C53H59N3O2Pt. The van der Waals surface area contributed by atoms with E-state index in [4.69, 9.17) is 14.7 Å². The van der Waals surface area contributed by atoms with Gasteiger partial charge in [0.25, 0.3) is 0 Å². The van der Waals surface area contributed by atoms with Gasteiger partial charge in [-0.15, -0.1) is 53.1 Å². The number of pyridine rings is 1. The zero-order valence-electron chi connectivity index (χ0n) is 39.4. The van der Waals surface area contributed by atoms with Crippen LogP contribution < -0.4 is 4.90 Å². The normalized spacial score (nSPS) is 21.8. The predicted octanol–water partition coefficient (Wildman–Crippen LogP) is 12.6. The summed E-state index contributed by atoms with van der Waals surface area (Å²) >= 11 is 0. The van der Waals surface area contributed by atoms with Crippen molar-refractivity contribution in [3.63, 3.8) is 0 Å². The van der Waals surface area contributed by atoms with Gasteiger partial charge in [0.05, 0.1) is 5.78 Å². The quantitative estimate of drug-likeness (QED) is 0.133. The van der Waals surface area contributed by atoms with E-state index in [2.05, 4.69) is 116 Å². The first-order chi connectivity index (χ1) is 27.6. The van der Waals surface area contributed by atoms with E-state index in [1.165, 1.54) is 11.1 Å². The van der Waals surface area contributed by atoms with E-state index in [9.17, 15) is 2.74 Å². The second-order valence-electron chi connectivity index (χ2n) is 20.7. The average Bonchev–Trinajstić information content (AvgIpc) is 3.56. The maximum absolute atomic E-state index is 15.0. The van der Waals surface area contributed by atoms with Crippen molar-refractivity contribution in [3.8, 4) is 0 Å². The molecular weight excluding hydrogens is 906 g/mol. The third-order valence-corrected chi connectivity index (χ3v) is 12.9. The van der Waals surface area contributed by atoms with Crippen molar-refractivity contribution >= 4 is 28.9 Å². The summed E-state index contributed by atoms with van der Waals surface area (Å²) < 4.78 is 26.6. The number of ether oxygens (including phenoxy) is 1. The van der Waals surface area contributed by atoms with Crippen LogP contribution in [-0.2, 0) is 54.0 Å². The number of ketones is 1. The zero-order valence-corrected chi connectivity index (χ0v) is 39.7. The maximum Gasteiger partial charge on any atom is 2.00 e. The molecule has 0 N–H and O–H groups in total. The van der Waals surface area contributed by atoms with E-state index < -0.39 is 22.9 Å². The molecule has 6 heteroatoms. The zero-order chi connectivity index (χ0) is 43.9. The molecule has 1 aromatic heterocycles. The third kappa shape index (κ3) is 6.66. The minimum atomic E-state index is -1.88. The van der Waals surface area contributed by atoms with E-state index >= 15 is 4.79 Å². The second-order valence-corrected chi connectivity index (χ2v) is 20.7. The number of carbonyl (C=O) groups is 1. The molecule has 0 unspecified atom stereocenters. The number of hydrogen-bond donors (Lipinski definition) is 0. The maximum atomic E-state index is 15.0. The smallest absolute Gasteiger partial charge is 0.501 e. The fraction of sp³-hybridized carbons (Fsp3) is 0.415. The van der Waals surface area contributed by atoms with E-state index in [-0.39, 0.29) is 43.1 Å². The molecule has 3 heterocycles. The number of aliphatic imine (C=N–C) groups is 1. The second kappa shape index (κ2) is 13.8. The Hall–Kier alpha value is -4.34. The Balaban J connectivity index is 0.00000561. The van der Waals surface area contributed by atoms with Crippen molar-refractivity contribution in [2.75, 3.05) is 4.90 Å². The predicted molar refractivity (Wildman–Crippen MR) is 238 cm³/mol. The number of nitrogens with zero attached hydrogens (tertiary/aromatic N) is 3. The van der Waals surface area contributed by atoms with Crippen LogP contribution in [-0.4, -0.2) is 22.3 Å². The summed E-state index contributed by atoms with van der Waals surface area (Å²) in [5.41, 5.74) is 8.17. The summed E-state index contributed by atoms with van der Waals surface area (Å²) in [6.45, 7) is 31.7. The van der Waals surface area contributed by atoms with Crippen molar-refractivity contribution in [2.24, 2.45) is 10.4 Å². The molecule has 8 rings (SSSR count). The minimum absolute atomic E-state index is 0. The molecule has 2 aliphatic heterocycles. The molecule has 5 aromatic rings. The summed E-state index contributed by atoms with van der Waals surface area (Å²) in [5.74, 6) is 0.882. The summed E-state index contributed by atoms with van der Waals surface area (Å²) in [6.07, 6.45) is -0.0540. The van der Waals surface area contributed by atoms with Crippen LogP contribution in [0, 0.1) is 38.3 Å². The van der Waals surface area contributed by atoms with Crippen molar-refractivity contribution in [3.05, 3.63) is 152 Å². The number of aromatic nitrogens is 1. The third-order valence-electron chi connectivity index (χ3n) is 12.9. The molecule has 0 amide bonds. The van der Waals surface area contributed by atoms with Gasteiger partial charge in [-0.05, 0) is 82.8 Å². The molecule has 0 saturated carbocycles. The first-order valence-electron chi connectivity index (χ1n) is 21.6. The van der Waals surface area contributed by atoms with Crippen LogP contribution >= 0.6 is 0 Å². The number of aryl methyl sites for hydroxylation is 3. The SMILES string of the molecule is [2H]C1([2H])c2cc(C)c(C)cc2[C@@]2(C)N=C(c3[c-]c(C(=O)c4[c-]c(N5c6ccc(C(C)(C)C)cc6C(C)(C)c6cccnc65)cc(C)c4)cc(C(C)(C)C)c3)O[C@@]12C(C)(C)C.[Pt+2]. The molecule has 0 fully saturated rings. The summed E-state index contributed by atoms with van der Waals surface area (Å²) in [5, 5.41) is 0. The summed E-state index contributed by atoms with van der Waals surface area (Å²) in [7, 11) is 0. The molecule has 59 heavy (non-hydrogen) atoms. The molecule has 0 saturated heterocycles. The van der Waals surface area contributed by atoms with Crippen LogP contribution in [0.15, 0.2) is 77.9 Å². The van der Waals surface area contributed by atoms with Gasteiger partial charge in [-0.1, -0.05) is 125 Å². The van der Waals surface area contributed by atoms with Gasteiger partial charge >= 0.3 is 21.1 Å². The van der Waals surface area contributed by atoms with Gasteiger partial charge < -0.3 is 14.4 Å². The first-order valence-corrected chi connectivity index (χ1v) is 20.6. The van der Waals surface area contributed by atoms with E-state index in [1.54, 1.807) is 0 Å². The minimum Gasteiger partial charge on any atom is -0.501 e. The average molecular weight is 967 g/mol. The fourth-order valence-electron chi connectivity index (χ4n) is 9.23. The number of hydrogen-bond acceptors (Lipinski definition) is 5. The van der Waals surface area contributed by atoms with Gasteiger partial charge in [0, 0.05) is 37.4 Å². The van der Waals surface area contributed by atoms with Crippen molar-refractivity contribution < 1.29 is 33.3 Å². The Labute approximate surface area is 370 Å². The van der Waals surface area contributed by atoms with Crippen LogP contribution in [0.2, 0.25) is 0 Å². The molecule has 5 nitrogen and oxygen atoms in total. The van der Waals surface area contributed by atoms with Gasteiger partial charge in [0.2, 0.25) is 0 Å². The molecule has 308 valence electrons. The Morgan fingerprint density at radius 2 is 1.44 bits per heavy atom. The standard InChI is InChI=1S/C53H59N3O2.Pt/c1-31-21-34(28-40(22-31)56-44-19-18-38(48(4,5)6)29-43(44)51(13,14)41-17-16-20-54-46(41)56)45(57)35-25-36(27-39(26-35)49(7,8)9)47-55-52(15)42-24-33(3)32(2)23-37(42)30-53(52,58-47)50(10,11)12;/h16-24,26-27,29H,30H2,1-15H3;/q-2;+2/t52-,53-;/m1./s1/i30D2;. The molecule has 2 atom stereocenters. The number of rotatable bonds is 4. The largest absolute Gasteiger partial charge is 2.00 e. The topological polar surface area (TPSA) is 54.8 Å². The summed E-state index contributed by atoms with van der Waals surface area (Å²) in [6, 6.07) is 29.8. The Bertz CT molecular complexity index is 2680. The molecule has 0 spiro atoms. The molecule has 0 bridgehead atoms. The van der Waals surface area contributed by atoms with Crippen LogP contribution in [0.4, 0.5) is 17.2 Å². The van der Waals surface area contributed by atoms with Crippen LogP contribution in [0.1, 0.15) is 157 Å². The van der Waals surface area contributed by atoms with Crippen molar-refractivity contribution in [1.29, 1.82) is 0 Å². The van der Waals surface area contributed by atoms with E-state index in [1.807, 2.05) is 78.1 Å². The van der Waals surface area contributed by atoms with Crippen LogP contribution in [0.5, 0.6) is 0 Å². The molecule has 1 aliphatic carbocycles.